The summed E-state index contributed by atoms with van der Waals surface area (Å²) >= 11 is 0. The number of rotatable bonds is 7. The van der Waals surface area contributed by atoms with Crippen molar-refractivity contribution >= 4 is 52.5 Å². The van der Waals surface area contributed by atoms with Gasteiger partial charge in [-0.25, -0.2) is 22.5 Å². The third kappa shape index (κ3) is 6.19. The van der Waals surface area contributed by atoms with E-state index in [4.69, 9.17) is 5.73 Å². The molecule has 2 heterocycles. The quantitative estimate of drug-likeness (QED) is 0.522. The fourth-order valence-corrected chi connectivity index (χ4v) is 5.57. The summed E-state index contributed by atoms with van der Waals surface area (Å²) in [5.74, 6) is -0.0110. The van der Waals surface area contributed by atoms with Crippen molar-refractivity contribution in [3.8, 4) is 0 Å². The monoisotopic (exact) mass is 542 g/mol. The zero-order valence-corrected chi connectivity index (χ0v) is 22.2. The number of hydrogen-bond acceptors (Lipinski definition) is 6. The van der Waals surface area contributed by atoms with Crippen molar-refractivity contribution < 1.29 is 13.2 Å². The molecule has 0 saturated heterocycles. The molecule has 12 heteroatoms. The molecule has 2 aromatic rings. The van der Waals surface area contributed by atoms with Crippen LogP contribution in [0.1, 0.15) is 23.6 Å². The number of urea groups is 1. The van der Waals surface area contributed by atoms with Crippen LogP contribution in [0.4, 0.5) is 10.5 Å². The second-order valence-corrected chi connectivity index (χ2v) is 10.4. The summed E-state index contributed by atoms with van der Waals surface area (Å²) < 4.78 is 27.8. The second-order valence-electron chi connectivity index (χ2n) is 8.53. The molecule has 0 radical (unpaired) electrons. The smallest absolute Gasteiger partial charge is 0.321 e. The number of aliphatic imine (C=N–C) groups is 1. The minimum Gasteiger partial charge on any atom is -0.369 e. The number of carbonyl (C=O) groups is 1. The molecule has 4 rings (SSSR count). The Labute approximate surface area is 219 Å². The Hall–Kier alpha value is -2.53. The van der Waals surface area contributed by atoms with Gasteiger partial charge in [0.2, 0.25) is 5.96 Å². The van der Waals surface area contributed by atoms with E-state index in [2.05, 4.69) is 15.2 Å². The highest BCUT2D eigenvalue weighted by Crippen LogP contribution is 2.33. The topological polar surface area (TPSA) is 111 Å². The molecular weight excluding hydrogens is 511 g/mol. The molecule has 2 aliphatic heterocycles. The first-order valence-corrected chi connectivity index (χ1v) is 12.5. The molecule has 35 heavy (non-hydrogen) atoms. The van der Waals surface area contributed by atoms with E-state index in [0.29, 0.717) is 19.5 Å². The van der Waals surface area contributed by atoms with Gasteiger partial charge in [0.25, 0.3) is 10.0 Å². The minimum absolute atomic E-state index is 0. The normalized spacial score (nSPS) is 16.9. The van der Waals surface area contributed by atoms with Crippen LogP contribution in [-0.4, -0.2) is 69.9 Å². The van der Waals surface area contributed by atoms with Gasteiger partial charge in [-0.15, -0.1) is 24.8 Å². The standard InChI is InChI=1S/C23H30N6O3S.2ClH/c1-27(2)13-6-12-25-23(30)28-14-11-18-15-19(9-10-21(18)28)33(31,32)29-16-20(26-22(29)24)17-7-4-3-5-8-17;;/h3-5,7-10,15,20H,6,11-14,16H2,1-2H3,(H2,24,26)(H,25,30);2*1H/t20-;;/m1../s1. The third-order valence-electron chi connectivity index (χ3n) is 5.90. The Morgan fingerprint density at radius 1 is 1.17 bits per heavy atom. The molecule has 192 valence electrons. The van der Waals surface area contributed by atoms with Crippen LogP contribution in [0.2, 0.25) is 0 Å². The molecule has 2 aliphatic rings. The molecule has 0 spiro atoms. The van der Waals surface area contributed by atoms with Crippen molar-refractivity contribution in [2.24, 2.45) is 10.7 Å². The Morgan fingerprint density at radius 2 is 1.89 bits per heavy atom. The van der Waals surface area contributed by atoms with Crippen molar-refractivity contribution in [2.45, 2.75) is 23.8 Å². The number of nitrogens with one attached hydrogen (secondary N) is 1. The molecule has 0 fully saturated rings. The van der Waals surface area contributed by atoms with E-state index in [1.54, 1.807) is 17.0 Å². The van der Waals surface area contributed by atoms with Crippen molar-refractivity contribution in [3.63, 3.8) is 0 Å². The number of halogens is 2. The van der Waals surface area contributed by atoms with Gasteiger partial charge in [-0.2, -0.15) is 0 Å². The second kappa shape index (κ2) is 11.9. The number of guanidine groups is 1. The first kappa shape index (κ1) is 28.7. The van der Waals surface area contributed by atoms with Crippen LogP contribution in [0, 0.1) is 0 Å². The number of amides is 2. The molecule has 0 aliphatic carbocycles. The van der Waals surface area contributed by atoms with Crippen molar-refractivity contribution in [1.82, 2.24) is 14.5 Å². The molecule has 9 nitrogen and oxygen atoms in total. The maximum absolute atomic E-state index is 13.3. The molecule has 0 unspecified atom stereocenters. The summed E-state index contributed by atoms with van der Waals surface area (Å²) in [6.07, 6.45) is 1.46. The highest BCUT2D eigenvalue weighted by molar-refractivity contribution is 7.89. The van der Waals surface area contributed by atoms with E-state index in [0.717, 1.165) is 34.1 Å². The van der Waals surface area contributed by atoms with Crippen LogP contribution in [0.15, 0.2) is 58.4 Å². The first-order chi connectivity index (χ1) is 15.8. The zero-order valence-electron chi connectivity index (χ0n) is 19.8. The number of hydrogen-bond donors (Lipinski definition) is 2. The van der Waals surface area contributed by atoms with Crippen molar-refractivity contribution in [2.75, 3.05) is 45.2 Å². The Morgan fingerprint density at radius 3 is 2.57 bits per heavy atom. The van der Waals surface area contributed by atoms with Crippen LogP contribution < -0.4 is 16.0 Å². The maximum Gasteiger partial charge on any atom is 0.321 e. The Kier molecular flexibility index (Phi) is 9.79. The fraction of sp³-hybridized carbons (Fsp3) is 0.391. The van der Waals surface area contributed by atoms with Crippen LogP contribution in [0.5, 0.6) is 0 Å². The van der Waals surface area contributed by atoms with Gasteiger partial charge in [-0.1, -0.05) is 30.3 Å². The molecule has 0 saturated carbocycles. The van der Waals surface area contributed by atoms with E-state index in [-0.39, 0.29) is 54.3 Å². The molecule has 2 amide bonds. The summed E-state index contributed by atoms with van der Waals surface area (Å²) in [6, 6.07) is 13.9. The summed E-state index contributed by atoms with van der Waals surface area (Å²) in [5.41, 5.74) is 8.50. The lowest BCUT2D eigenvalue weighted by molar-refractivity contribution is 0.246. The molecule has 2 aromatic carbocycles. The van der Waals surface area contributed by atoms with Gasteiger partial charge in [0.05, 0.1) is 17.5 Å². The van der Waals surface area contributed by atoms with E-state index in [1.807, 2.05) is 44.4 Å². The van der Waals surface area contributed by atoms with Gasteiger partial charge < -0.3 is 16.0 Å². The van der Waals surface area contributed by atoms with E-state index >= 15 is 0 Å². The molecule has 3 N–H and O–H groups in total. The first-order valence-electron chi connectivity index (χ1n) is 11.0. The molecule has 0 bridgehead atoms. The van der Waals surface area contributed by atoms with Gasteiger partial charge in [0.1, 0.15) is 0 Å². The summed E-state index contributed by atoms with van der Waals surface area (Å²) in [5, 5.41) is 2.94. The SMILES string of the molecule is CN(C)CCCNC(=O)N1CCc2cc(S(=O)(=O)N3C[C@H](c4ccccc4)N=C3N)ccc21.Cl.Cl. The third-order valence-corrected chi connectivity index (χ3v) is 7.67. The van der Waals surface area contributed by atoms with Crippen LogP contribution >= 0.6 is 24.8 Å². The van der Waals surface area contributed by atoms with Gasteiger partial charge in [0, 0.05) is 18.8 Å². The predicted octanol–water partition coefficient (Wildman–Crippen LogP) is 2.61. The lowest BCUT2D eigenvalue weighted by Crippen LogP contribution is -2.40. The van der Waals surface area contributed by atoms with Gasteiger partial charge in [-0.05, 0) is 62.8 Å². The average Bonchev–Trinajstić information content (AvgIpc) is 3.40. The number of anilines is 1. The largest absolute Gasteiger partial charge is 0.369 e. The highest BCUT2D eigenvalue weighted by Gasteiger charge is 2.35. The van der Waals surface area contributed by atoms with Crippen LogP contribution in [0.25, 0.3) is 0 Å². The summed E-state index contributed by atoms with van der Waals surface area (Å²) in [6.45, 7) is 2.16. The van der Waals surface area contributed by atoms with Crippen molar-refractivity contribution in [3.05, 3.63) is 59.7 Å². The van der Waals surface area contributed by atoms with Gasteiger partial charge in [-0.3, -0.25) is 4.90 Å². The van der Waals surface area contributed by atoms with Gasteiger partial charge >= 0.3 is 6.03 Å². The zero-order chi connectivity index (χ0) is 23.6. The lowest BCUT2D eigenvalue weighted by Gasteiger charge is -2.21. The number of fused-ring (bicyclic) bond motifs is 1. The van der Waals surface area contributed by atoms with E-state index < -0.39 is 10.0 Å². The highest BCUT2D eigenvalue weighted by atomic mass is 35.5. The van der Waals surface area contributed by atoms with Crippen LogP contribution in [0.3, 0.4) is 0 Å². The summed E-state index contributed by atoms with van der Waals surface area (Å²) in [7, 11) is 0.127. The van der Waals surface area contributed by atoms with Crippen molar-refractivity contribution in [1.29, 1.82) is 0 Å². The predicted molar refractivity (Wildman–Crippen MR) is 143 cm³/mol. The fourth-order valence-electron chi connectivity index (χ4n) is 4.15. The van der Waals surface area contributed by atoms with Gasteiger partial charge in [0.15, 0.2) is 0 Å². The lowest BCUT2D eigenvalue weighted by atomic mass is 10.1. The van der Waals surface area contributed by atoms with Crippen LogP contribution in [-0.2, 0) is 16.4 Å². The van der Waals surface area contributed by atoms with E-state index in [9.17, 15) is 13.2 Å². The molecular formula is C23H32Cl2N6O3S. The molecule has 1 atom stereocenters. The summed E-state index contributed by atoms with van der Waals surface area (Å²) in [4.78, 5) is 20.9. The Balaban J connectivity index is 0.00000216. The maximum atomic E-state index is 13.3. The average molecular weight is 544 g/mol. The minimum atomic E-state index is -3.86. The molecule has 0 aromatic heterocycles. The number of nitrogens with two attached hydrogens (primary N) is 1. The number of sulfonamides is 1. The Bertz CT molecular complexity index is 1160. The number of nitrogens with zero attached hydrogens (tertiary/aromatic N) is 4. The van der Waals surface area contributed by atoms with E-state index in [1.165, 1.54) is 6.07 Å². The number of benzene rings is 2. The number of carbonyl (C=O) groups excluding carboxylic acids is 1.